The van der Waals surface area contributed by atoms with Crippen LogP contribution in [0, 0.1) is 0 Å². The minimum absolute atomic E-state index is 0.106. The van der Waals surface area contributed by atoms with Crippen LogP contribution in [0.4, 0.5) is 0 Å². The molecule has 0 aliphatic rings. The van der Waals surface area contributed by atoms with Gasteiger partial charge in [-0.05, 0) is 12.5 Å². The minimum Gasteiger partial charge on any atom is -0.297 e. The first-order valence-electron chi connectivity index (χ1n) is 3.49. The largest absolute Gasteiger partial charge is 0.297 e. The molecule has 64 valence electrons. The number of hydrogen-bond donors (Lipinski definition) is 0. The van der Waals surface area contributed by atoms with E-state index in [9.17, 15) is 4.79 Å². The van der Waals surface area contributed by atoms with Gasteiger partial charge in [-0.3, -0.25) is 4.79 Å². The Labute approximate surface area is 93.8 Å². The molecular formula is C9H8BrIO. The van der Waals surface area contributed by atoms with Crippen LogP contribution in [0.15, 0.2) is 30.3 Å². The molecule has 0 heterocycles. The van der Waals surface area contributed by atoms with Gasteiger partial charge >= 0.3 is 0 Å². The summed E-state index contributed by atoms with van der Waals surface area (Å²) >= 11 is 5.49. The Morgan fingerprint density at radius 2 is 1.92 bits per heavy atom. The Balaban J connectivity index is 3.06. The lowest BCUT2D eigenvalue weighted by Crippen LogP contribution is -2.18. The minimum atomic E-state index is -0.563. The Hall–Kier alpha value is 0.1000. The topological polar surface area (TPSA) is 17.1 Å². The molecule has 0 saturated heterocycles. The molecule has 0 amide bonds. The SMILES string of the molecule is CC(=O)C(Br)(I)c1ccccc1. The first kappa shape index (κ1) is 10.2. The van der Waals surface area contributed by atoms with Crippen LogP contribution in [0.25, 0.3) is 0 Å². The van der Waals surface area contributed by atoms with Crippen molar-refractivity contribution in [3.05, 3.63) is 35.9 Å². The second-order valence-corrected chi connectivity index (χ2v) is 6.79. The van der Waals surface area contributed by atoms with Crippen molar-refractivity contribution in [2.45, 2.75) is 9.25 Å². The fourth-order valence-electron chi connectivity index (χ4n) is 0.851. The second-order valence-electron chi connectivity index (χ2n) is 2.50. The van der Waals surface area contributed by atoms with E-state index in [-0.39, 0.29) is 5.78 Å². The van der Waals surface area contributed by atoms with Gasteiger partial charge in [0.05, 0.1) is 0 Å². The lowest BCUT2D eigenvalue weighted by atomic mass is 10.1. The maximum absolute atomic E-state index is 11.2. The van der Waals surface area contributed by atoms with Crippen LogP contribution < -0.4 is 0 Å². The third-order valence-electron chi connectivity index (χ3n) is 1.58. The highest BCUT2D eigenvalue weighted by Gasteiger charge is 2.30. The van der Waals surface area contributed by atoms with E-state index in [1.165, 1.54) is 0 Å². The van der Waals surface area contributed by atoms with E-state index in [2.05, 4.69) is 38.5 Å². The Morgan fingerprint density at radius 3 is 2.33 bits per heavy atom. The van der Waals surface area contributed by atoms with Gasteiger partial charge in [0.15, 0.2) is 8.11 Å². The van der Waals surface area contributed by atoms with Crippen molar-refractivity contribution in [3.8, 4) is 0 Å². The number of ketones is 1. The van der Waals surface area contributed by atoms with Crippen molar-refractivity contribution < 1.29 is 4.79 Å². The molecule has 1 aromatic rings. The summed E-state index contributed by atoms with van der Waals surface area (Å²) in [6.07, 6.45) is 0. The van der Waals surface area contributed by atoms with Crippen LogP contribution in [-0.2, 0) is 7.13 Å². The summed E-state index contributed by atoms with van der Waals surface area (Å²) < 4.78 is -0.563. The molecule has 1 nitrogen and oxygen atoms in total. The maximum atomic E-state index is 11.2. The zero-order chi connectivity index (χ0) is 9.19. The van der Waals surface area contributed by atoms with E-state index in [4.69, 9.17) is 0 Å². The predicted octanol–water partition coefficient (Wildman–Crippen LogP) is 3.26. The summed E-state index contributed by atoms with van der Waals surface area (Å²) in [6.45, 7) is 1.58. The predicted molar refractivity (Wildman–Crippen MR) is 61.7 cm³/mol. The average Bonchev–Trinajstić information content (AvgIpc) is 2.06. The van der Waals surface area contributed by atoms with E-state index in [0.29, 0.717) is 0 Å². The molecule has 0 fully saturated rings. The molecular weight excluding hydrogens is 331 g/mol. The van der Waals surface area contributed by atoms with Gasteiger partial charge in [0.25, 0.3) is 0 Å². The quantitative estimate of drug-likeness (QED) is 0.597. The lowest BCUT2D eigenvalue weighted by Gasteiger charge is -2.16. The second kappa shape index (κ2) is 3.87. The molecule has 1 atom stereocenters. The summed E-state index contributed by atoms with van der Waals surface area (Å²) in [7, 11) is 0. The number of Topliss-reactive ketones (excluding diaryl/α,β-unsaturated/α-hetero) is 1. The van der Waals surface area contributed by atoms with Crippen LogP contribution in [0.1, 0.15) is 12.5 Å². The molecule has 3 heteroatoms. The average molecular weight is 339 g/mol. The van der Waals surface area contributed by atoms with Gasteiger partial charge < -0.3 is 0 Å². The Morgan fingerprint density at radius 1 is 1.42 bits per heavy atom. The zero-order valence-corrected chi connectivity index (χ0v) is 10.3. The number of halogens is 2. The normalized spacial score (nSPS) is 15.2. The molecule has 0 radical (unpaired) electrons. The van der Waals surface area contributed by atoms with Crippen LogP contribution in [0.3, 0.4) is 0 Å². The molecule has 0 N–H and O–H groups in total. The molecule has 0 spiro atoms. The molecule has 0 aliphatic heterocycles. The van der Waals surface area contributed by atoms with Crippen molar-refractivity contribution in [2.24, 2.45) is 0 Å². The monoisotopic (exact) mass is 338 g/mol. The number of carbonyl (C=O) groups excluding carboxylic acids is 1. The van der Waals surface area contributed by atoms with Crippen molar-refractivity contribution in [1.82, 2.24) is 0 Å². The number of hydrogen-bond acceptors (Lipinski definition) is 1. The third kappa shape index (κ3) is 2.07. The van der Waals surface area contributed by atoms with Gasteiger partial charge in [0.1, 0.15) is 0 Å². The van der Waals surface area contributed by atoms with Crippen molar-refractivity contribution >= 4 is 44.3 Å². The van der Waals surface area contributed by atoms with E-state index in [1.54, 1.807) is 6.92 Å². The fraction of sp³-hybridized carbons (Fsp3) is 0.222. The Kier molecular flexibility index (Phi) is 3.29. The van der Waals surface area contributed by atoms with Crippen molar-refractivity contribution in [3.63, 3.8) is 0 Å². The first-order valence-corrected chi connectivity index (χ1v) is 5.36. The highest BCUT2D eigenvalue weighted by molar-refractivity contribution is 14.1. The number of carbonyl (C=O) groups is 1. The highest BCUT2D eigenvalue weighted by atomic mass is 127. The molecule has 1 unspecified atom stereocenters. The summed E-state index contributed by atoms with van der Waals surface area (Å²) in [5.41, 5.74) is 0.984. The Bertz CT molecular complexity index is 282. The van der Waals surface area contributed by atoms with Crippen LogP contribution in [0.2, 0.25) is 0 Å². The van der Waals surface area contributed by atoms with Crippen molar-refractivity contribution in [1.29, 1.82) is 0 Å². The number of benzene rings is 1. The number of alkyl halides is 2. The summed E-state index contributed by atoms with van der Waals surface area (Å²) in [5, 5.41) is 0. The van der Waals surface area contributed by atoms with Gasteiger partial charge in [-0.2, -0.15) is 0 Å². The first-order chi connectivity index (χ1) is 5.55. The third-order valence-corrected chi connectivity index (χ3v) is 3.98. The van der Waals surface area contributed by atoms with E-state index < -0.39 is 2.33 Å². The highest BCUT2D eigenvalue weighted by Crippen LogP contribution is 2.39. The molecule has 0 aliphatic carbocycles. The smallest absolute Gasteiger partial charge is 0.160 e. The molecule has 1 aromatic carbocycles. The summed E-state index contributed by atoms with van der Waals surface area (Å²) in [6, 6.07) is 9.65. The van der Waals surface area contributed by atoms with E-state index in [0.717, 1.165) is 5.56 Å². The molecule has 0 aromatic heterocycles. The van der Waals surface area contributed by atoms with Crippen LogP contribution in [-0.4, -0.2) is 5.78 Å². The molecule has 1 rings (SSSR count). The summed E-state index contributed by atoms with van der Waals surface area (Å²) in [4.78, 5) is 11.2. The van der Waals surface area contributed by atoms with Gasteiger partial charge in [-0.15, -0.1) is 0 Å². The van der Waals surface area contributed by atoms with Crippen LogP contribution >= 0.6 is 38.5 Å². The van der Waals surface area contributed by atoms with Crippen LogP contribution in [0.5, 0.6) is 0 Å². The van der Waals surface area contributed by atoms with Gasteiger partial charge in [-0.25, -0.2) is 0 Å². The van der Waals surface area contributed by atoms with Gasteiger partial charge in [0, 0.05) is 0 Å². The molecule has 12 heavy (non-hydrogen) atoms. The maximum Gasteiger partial charge on any atom is 0.160 e. The van der Waals surface area contributed by atoms with Gasteiger partial charge in [-0.1, -0.05) is 68.9 Å². The lowest BCUT2D eigenvalue weighted by molar-refractivity contribution is -0.116. The molecule has 0 saturated carbocycles. The van der Waals surface area contributed by atoms with E-state index >= 15 is 0 Å². The fourth-order valence-corrected chi connectivity index (χ4v) is 1.47. The number of rotatable bonds is 2. The molecule has 0 bridgehead atoms. The zero-order valence-electron chi connectivity index (χ0n) is 6.55. The van der Waals surface area contributed by atoms with Gasteiger partial charge in [0.2, 0.25) is 0 Å². The standard InChI is InChI=1S/C9H8BrIO/c1-7(12)9(10,11)8-5-3-2-4-6-8/h2-6H,1H3. The van der Waals surface area contributed by atoms with Crippen molar-refractivity contribution in [2.75, 3.05) is 0 Å². The van der Waals surface area contributed by atoms with E-state index in [1.807, 2.05) is 30.3 Å². The summed E-state index contributed by atoms with van der Waals surface area (Å²) in [5.74, 6) is 0.106.